The number of aromatic hydroxyl groups is 1. The SMILES string of the molecule is CC(Cc1ccccc1)NCc1ccc(O)cc1. The minimum Gasteiger partial charge on any atom is -0.508 e. The van der Waals surface area contributed by atoms with E-state index >= 15 is 0 Å². The summed E-state index contributed by atoms with van der Waals surface area (Å²) in [7, 11) is 0. The van der Waals surface area contributed by atoms with E-state index in [1.165, 1.54) is 11.1 Å². The molecule has 18 heavy (non-hydrogen) atoms. The molecule has 0 amide bonds. The summed E-state index contributed by atoms with van der Waals surface area (Å²) in [5, 5.41) is 12.7. The van der Waals surface area contributed by atoms with E-state index in [9.17, 15) is 5.11 Å². The third-order valence-corrected chi connectivity index (χ3v) is 2.98. The van der Waals surface area contributed by atoms with Gasteiger partial charge in [-0.1, -0.05) is 42.5 Å². The molecule has 0 fully saturated rings. The Hall–Kier alpha value is -1.80. The highest BCUT2D eigenvalue weighted by molar-refractivity contribution is 5.25. The van der Waals surface area contributed by atoms with Crippen LogP contribution in [0, 0.1) is 0 Å². The fraction of sp³-hybridized carbons (Fsp3) is 0.250. The molecule has 2 aromatic carbocycles. The molecular weight excluding hydrogens is 222 g/mol. The van der Waals surface area contributed by atoms with E-state index in [0.29, 0.717) is 11.8 Å². The second-order valence-electron chi connectivity index (χ2n) is 4.64. The molecule has 94 valence electrons. The van der Waals surface area contributed by atoms with Crippen LogP contribution in [0.3, 0.4) is 0 Å². The van der Waals surface area contributed by atoms with E-state index in [-0.39, 0.29) is 0 Å². The van der Waals surface area contributed by atoms with Gasteiger partial charge < -0.3 is 10.4 Å². The predicted molar refractivity (Wildman–Crippen MR) is 74.6 cm³/mol. The maximum Gasteiger partial charge on any atom is 0.115 e. The van der Waals surface area contributed by atoms with E-state index in [1.807, 2.05) is 18.2 Å². The highest BCUT2D eigenvalue weighted by Gasteiger charge is 2.02. The summed E-state index contributed by atoms with van der Waals surface area (Å²) in [5.41, 5.74) is 2.54. The quantitative estimate of drug-likeness (QED) is 0.843. The molecule has 0 radical (unpaired) electrons. The molecule has 1 atom stereocenters. The number of hydrogen-bond acceptors (Lipinski definition) is 2. The van der Waals surface area contributed by atoms with Gasteiger partial charge in [0.25, 0.3) is 0 Å². The predicted octanol–water partition coefficient (Wildman–Crippen LogP) is 3.11. The molecule has 0 heterocycles. The van der Waals surface area contributed by atoms with E-state index in [1.54, 1.807) is 12.1 Å². The lowest BCUT2D eigenvalue weighted by Crippen LogP contribution is -2.27. The number of hydrogen-bond donors (Lipinski definition) is 2. The van der Waals surface area contributed by atoms with Gasteiger partial charge >= 0.3 is 0 Å². The number of rotatable bonds is 5. The zero-order valence-corrected chi connectivity index (χ0v) is 10.6. The number of benzene rings is 2. The van der Waals surface area contributed by atoms with Crippen molar-refractivity contribution in [3.8, 4) is 5.75 Å². The Kier molecular flexibility index (Phi) is 4.37. The molecule has 2 rings (SSSR count). The first-order valence-corrected chi connectivity index (χ1v) is 6.29. The minimum absolute atomic E-state index is 0.316. The van der Waals surface area contributed by atoms with Crippen LogP contribution in [0.5, 0.6) is 5.75 Å². The molecule has 0 aliphatic heterocycles. The van der Waals surface area contributed by atoms with Crippen LogP contribution in [-0.4, -0.2) is 11.1 Å². The highest BCUT2D eigenvalue weighted by Crippen LogP contribution is 2.10. The summed E-state index contributed by atoms with van der Waals surface area (Å²) in [6, 6.07) is 18.2. The lowest BCUT2D eigenvalue weighted by molar-refractivity contribution is 0.474. The molecule has 0 bridgehead atoms. The number of phenolic OH excluding ortho intramolecular Hbond substituents is 1. The van der Waals surface area contributed by atoms with Crippen molar-refractivity contribution in [3.05, 3.63) is 65.7 Å². The molecule has 0 aliphatic rings. The fourth-order valence-corrected chi connectivity index (χ4v) is 1.95. The van der Waals surface area contributed by atoms with Gasteiger partial charge in [-0.3, -0.25) is 0 Å². The number of nitrogens with one attached hydrogen (secondary N) is 1. The van der Waals surface area contributed by atoms with Crippen molar-refractivity contribution in [3.63, 3.8) is 0 Å². The lowest BCUT2D eigenvalue weighted by Gasteiger charge is -2.14. The molecular formula is C16H19NO. The van der Waals surface area contributed by atoms with Crippen LogP contribution in [0.1, 0.15) is 18.1 Å². The first-order valence-electron chi connectivity index (χ1n) is 6.29. The average molecular weight is 241 g/mol. The van der Waals surface area contributed by atoms with Gasteiger partial charge in [-0.2, -0.15) is 0 Å². The molecule has 0 saturated heterocycles. The van der Waals surface area contributed by atoms with Gasteiger partial charge in [0.2, 0.25) is 0 Å². The van der Waals surface area contributed by atoms with Crippen molar-refractivity contribution in [1.29, 1.82) is 0 Å². The third-order valence-electron chi connectivity index (χ3n) is 2.98. The topological polar surface area (TPSA) is 32.3 Å². The Balaban J connectivity index is 1.81. The summed E-state index contributed by atoms with van der Waals surface area (Å²) >= 11 is 0. The van der Waals surface area contributed by atoms with E-state index in [4.69, 9.17) is 0 Å². The van der Waals surface area contributed by atoms with Crippen molar-refractivity contribution >= 4 is 0 Å². The summed E-state index contributed by atoms with van der Waals surface area (Å²) in [4.78, 5) is 0. The van der Waals surface area contributed by atoms with Crippen LogP contribution >= 0.6 is 0 Å². The summed E-state index contributed by atoms with van der Waals surface area (Å²) in [5.74, 6) is 0.316. The molecule has 2 N–H and O–H groups in total. The monoisotopic (exact) mass is 241 g/mol. The maximum absolute atomic E-state index is 9.21. The largest absolute Gasteiger partial charge is 0.508 e. The Morgan fingerprint density at radius 3 is 2.28 bits per heavy atom. The zero-order chi connectivity index (χ0) is 12.8. The van der Waals surface area contributed by atoms with E-state index in [2.05, 4.69) is 36.5 Å². The van der Waals surface area contributed by atoms with Crippen molar-refractivity contribution in [2.75, 3.05) is 0 Å². The molecule has 0 aromatic heterocycles. The molecule has 0 saturated carbocycles. The second kappa shape index (κ2) is 6.22. The summed E-state index contributed by atoms with van der Waals surface area (Å²) in [6.45, 7) is 3.02. The van der Waals surface area contributed by atoms with Gasteiger partial charge in [0.15, 0.2) is 0 Å². The molecule has 1 unspecified atom stereocenters. The smallest absolute Gasteiger partial charge is 0.115 e. The summed E-state index contributed by atoms with van der Waals surface area (Å²) in [6.07, 6.45) is 1.03. The van der Waals surface area contributed by atoms with Crippen LogP contribution in [0.25, 0.3) is 0 Å². The standard InChI is InChI=1S/C16H19NO/c1-13(11-14-5-3-2-4-6-14)17-12-15-7-9-16(18)10-8-15/h2-10,13,17-18H,11-12H2,1H3. The van der Waals surface area contributed by atoms with Crippen molar-refractivity contribution in [1.82, 2.24) is 5.32 Å². The maximum atomic E-state index is 9.21. The van der Waals surface area contributed by atoms with Crippen LogP contribution in [0.15, 0.2) is 54.6 Å². The Labute approximate surface area is 108 Å². The first-order chi connectivity index (χ1) is 8.74. The lowest BCUT2D eigenvalue weighted by atomic mass is 10.1. The van der Waals surface area contributed by atoms with Crippen molar-refractivity contribution in [2.24, 2.45) is 0 Å². The average Bonchev–Trinajstić information content (AvgIpc) is 2.39. The zero-order valence-electron chi connectivity index (χ0n) is 10.6. The van der Waals surface area contributed by atoms with Crippen LogP contribution < -0.4 is 5.32 Å². The number of phenols is 1. The van der Waals surface area contributed by atoms with Crippen molar-refractivity contribution < 1.29 is 5.11 Å². The van der Waals surface area contributed by atoms with Gasteiger partial charge in [0.1, 0.15) is 5.75 Å². The van der Waals surface area contributed by atoms with Gasteiger partial charge in [-0.25, -0.2) is 0 Å². The normalized spacial score (nSPS) is 12.3. The van der Waals surface area contributed by atoms with Gasteiger partial charge in [0, 0.05) is 12.6 Å². The van der Waals surface area contributed by atoms with Gasteiger partial charge in [-0.05, 0) is 36.6 Å². The van der Waals surface area contributed by atoms with E-state index < -0.39 is 0 Å². The molecule has 0 aliphatic carbocycles. The summed E-state index contributed by atoms with van der Waals surface area (Å²) < 4.78 is 0. The van der Waals surface area contributed by atoms with Crippen LogP contribution in [0.2, 0.25) is 0 Å². The second-order valence-corrected chi connectivity index (χ2v) is 4.64. The first kappa shape index (κ1) is 12.7. The van der Waals surface area contributed by atoms with Crippen LogP contribution in [0.4, 0.5) is 0 Å². The van der Waals surface area contributed by atoms with Gasteiger partial charge in [-0.15, -0.1) is 0 Å². The molecule has 2 nitrogen and oxygen atoms in total. The molecule has 2 aromatic rings. The Morgan fingerprint density at radius 2 is 1.61 bits per heavy atom. The van der Waals surface area contributed by atoms with Gasteiger partial charge in [0.05, 0.1) is 0 Å². The molecule has 2 heteroatoms. The van der Waals surface area contributed by atoms with Crippen molar-refractivity contribution in [2.45, 2.75) is 25.9 Å². The third kappa shape index (κ3) is 3.90. The minimum atomic E-state index is 0.316. The fourth-order valence-electron chi connectivity index (χ4n) is 1.95. The molecule has 0 spiro atoms. The van der Waals surface area contributed by atoms with E-state index in [0.717, 1.165) is 13.0 Å². The van der Waals surface area contributed by atoms with Crippen LogP contribution in [-0.2, 0) is 13.0 Å². The highest BCUT2D eigenvalue weighted by atomic mass is 16.3. The Bertz CT molecular complexity index is 464. The Morgan fingerprint density at radius 1 is 0.944 bits per heavy atom.